The smallest absolute Gasteiger partial charge is 0.402 e. The summed E-state index contributed by atoms with van der Waals surface area (Å²) in [5.74, 6) is -2.07. The third-order valence-corrected chi connectivity index (χ3v) is 2.29. The number of fused-ring (bicyclic) bond motifs is 1. The molecule has 0 amide bonds. The molecule has 0 unspecified atom stereocenters. The Morgan fingerprint density at radius 2 is 1.30 bits per heavy atom. The molecule has 0 aliphatic heterocycles. The fourth-order valence-corrected chi connectivity index (χ4v) is 1.65. The van der Waals surface area contributed by atoms with Gasteiger partial charge in [0.05, 0.1) is 0 Å². The highest BCUT2D eigenvalue weighted by Gasteiger charge is 2.37. The Kier molecular flexibility index (Phi) is 3.41. The van der Waals surface area contributed by atoms with Gasteiger partial charge in [-0.1, -0.05) is 30.3 Å². The normalized spacial score (nSPS) is 12.5. The summed E-state index contributed by atoms with van der Waals surface area (Å²) in [4.78, 5) is 0. The van der Waals surface area contributed by atoms with Crippen molar-refractivity contribution >= 4 is 10.8 Å². The number of alkyl halides is 6. The maximum atomic E-state index is 12.3. The quantitative estimate of drug-likeness (QED) is 0.752. The molecule has 0 saturated carbocycles. The number of benzene rings is 2. The molecule has 2 aromatic carbocycles. The van der Waals surface area contributed by atoms with Crippen LogP contribution in [0.15, 0.2) is 36.4 Å². The molecular formula is C12H6F6O2. The molecule has 8 heteroatoms. The minimum atomic E-state index is -5.13. The van der Waals surface area contributed by atoms with Gasteiger partial charge < -0.3 is 9.47 Å². The predicted molar refractivity (Wildman–Crippen MR) is 57.3 cm³/mol. The molecule has 0 radical (unpaired) electrons. The molecular weight excluding hydrogens is 290 g/mol. The average Bonchev–Trinajstić information content (AvgIpc) is 2.29. The number of halogens is 6. The Bertz CT molecular complexity index is 617. The summed E-state index contributed by atoms with van der Waals surface area (Å²) in [5.41, 5.74) is 0. The summed E-state index contributed by atoms with van der Waals surface area (Å²) in [6.07, 6.45) is -10.3. The van der Waals surface area contributed by atoms with E-state index in [-0.39, 0.29) is 5.39 Å². The zero-order valence-corrected chi connectivity index (χ0v) is 9.55. The first-order chi connectivity index (χ1) is 9.16. The first-order valence-corrected chi connectivity index (χ1v) is 5.19. The second-order valence-corrected chi connectivity index (χ2v) is 3.71. The number of hydrogen-bond donors (Lipinski definition) is 0. The minimum absolute atomic E-state index is 0.133. The van der Waals surface area contributed by atoms with Crippen LogP contribution in [0.2, 0.25) is 0 Å². The van der Waals surface area contributed by atoms with Gasteiger partial charge in [0.1, 0.15) is 0 Å². The van der Waals surface area contributed by atoms with Gasteiger partial charge in [-0.3, -0.25) is 0 Å². The van der Waals surface area contributed by atoms with E-state index in [4.69, 9.17) is 0 Å². The van der Waals surface area contributed by atoms with Crippen molar-refractivity contribution in [3.8, 4) is 11.5 Å². The molecule has 0 bridgehead atoms. The van der Waals surface area contributed by atoms with Gasteiger partial charge >= 0.3 is 12.7 Å². The highest BCUT2D eigenvalue weighted by atomic mass is 19.4. The van der Waals surface area contributed by atoms with Crippen molar-refractivity contribution in [2.45, 2.75) is 12.7 Å². The highest BCUT2D eigenvalue weighted by Crippen LogP contribution is 2.41. The van der Waals surface area contributed by atoms with Crippen LogP contribution in [0.1, 0.15) is 0 Å². The molecule has 2 nitrogen and oxygen atoms in total. The van der Waals surface area contributed by atoms with E-state index in [1.54, 1.807) is 0 Å². The monoisotopic (exact) mass is 296 g/mol. The second kappa shape index (κ2) is 4.77. The molecule has 2 rings (SSSR count). The lowest BCUT2D eigenvalue weighted by atomic mass is 10.1. The topological polar surface area (TPSA) is 18.5 Å². The fraction of sp³-hybridized carbons (Fsp3) is 0.167. The summed E-state index contributed by atoms with van der Waals surface area (Å²) in [5, 5.41) is 0.160. The minimum Gasteiger partial charge on any atom is -0.402 e. The van der Waals surface area contributed by atoms with E-state index in [1.165, 1.54) is 30.3 Å². The third-order valence-electron chi connectivity index (χ3n) is 2.29. The van der Waals surface area contributed by atoms with Crippen molar-refractivity contribution in [3.05, 3.63) is 36.4 Å². The van der Waals surface area contributed by atoms with Crippen molar-refractivity contribution in [1.29, 1.82) is 0 Å². The van der Waals surface area contributed by atoms with Crippen LogP contribution in [-0.2, 0) is 0 Å². The Labute approximate surface area is 108 Å². The molecule has 0 saturated heterocycles. The average molecular weight is 296 g/mol. The third kappa shape index (κ3) is 3.46. The second-order valence-electron chi connectivity index (χ2n) is 3.71. The Hall–Kier alpha value is -2.12. The van der Waals surface area contributed by atoms with E-state index in [9.17, 15) is 26.3 Å². The molecule has 0 aliphatic carbocycles. The predicted octanol–water partition coefficient (Wildman–Crippen LogP) is 4.64. The molecule has 0 atom stereocenters. The van der Waals surface area contributed by atoms with Gasteiger partial charge in [-0.25, -0.2) is 0 Å². The lowest BCUT2D eigenvalue weighted by molar-refractivity contribution is -0.286. The van der Waals surface area contributed by atoms with E-state index in [0.717, 1.165) is 6.07 Å². The Morgan fingerprint density at radius 3 is 1.90 bits per heavy atom. The zero-order chi connectivity index (χ0) is 15.0. The Morgan fingerprint density at radius 1 is 0.700 bits per heavy atom. The van der Waals surface area contributed by atoms with Gasteiger partial charge in [-0.05, 0) is 11.5 Å². The summed E-state index contributed by atoms with van der Waals surface area (Å²) in [6.45, 7) is 0. The van der Waals surface area contributed by atoms with Gasteiger partial charge in [-0.2, -0.15) is 0 Å². The van der Waals surface area contributed by atoms with E-state index in [0.29, 0.717) is 5.39 Å². The number of ether oxygens (including phenoxy) is 2. The van der Waals surface area contributed by atoms with Crippen LogP contribution in [0, 0.1) is 0 Å². The maximum Gasteiger partial charge on any atom is 0.573 e. The standard InChI is InChI=1S/C12H6F6O2/c13-11(14,15)19-9-6-5-7-3-1-2-4-8(7)10(9)20-12(16,17)18/h1-6H. The summed E-state index contributed by atoms with van der Waals surface area (Å²) >= 11 is 0. The van der Waals surface area contributed by atoms with Crippen LogP contribution in [0.25, 0.3) is 10.8 Å². The molecule has 0 spiro atoms. The van der Waals surface area contributed by atoms with Crippen LogP contribution >= 0.6 is 0 Å². The highest BCUT2D eigenvalue weighted by molar-refractivity contribution is 5.90. The molecule has 0 heterocycles. The summed E-state index contributed by atoms with van der Waals surface area (Å²) in [7, 11) is 0. The van der Waals surface area contributed by atoms with Crippen molar-refractivity contribution in [3.63, 3.8) is 0 Å². The molecule has 108 valence electrons. The van der Waals surface area contributed by atoms with Crippen LogP contribution in [0.4, 0.5) is 26.3 Å². The van der Waals surface area contributed by atoms with Gasteiger partial charge in [0.2, 0.25) is 0 Å². The molecule has 0 fully saturated rings. The van der Waals surface area contributed by atoms with Gasteiger partial charge in [0.15, 0.2) is 11.5 Å². The van der Waals surface area contributed by atoms with Crippen molar-refractivity contribution in [2.24, 2.45) is 0 Å². The van der Waals surface area contributed by atoms with Crippen LogP contribution in [-0.4, -0.2) is 12.7 Å². The molecule has 0 aliphatic rings. The van der Waals surface area contributed by atoms with E-state index >= 15 is 0 Å². The first kappa shape index (κ1) is 14.3. The summed E-state index contributed by atoms with van der Waals surface area (Å²) < 4.78 is 80.8. The van der Waals surface area contributed by atoms with Crippen LogP contribution in [0.5, 0.6) is 11.5 Å². The SMILES string of the molecule is FC(F)(F)Oc1ccc2ccccc2c1OC(F)(F)F. The van der Waals surface area contributed by atoms with E-state index in [2.05, 4.69) is 9.47 Å². The Balaban J connectivity index is 2.59. The van der Waals surface area contributed by atoms with Crippen molar-refractivity contribution in [1.82, 2.24) is 0 Å². The first-order valence-electron chi connectivity index (χ1n) is 5.19. The van der Waals surface area contributed by atoms with Gasteiger partial charge in [-0.15, -0.1) is 26.3 Å². The van der Waals surface area contributed by atoms with E-state index in [1.807, 2.05) is 0 Å². The van der Waals surface area contributed by atoms with Gasteiger partial charge in [0, 0.05) is 5.39 Å². The number of rotatable bonds is 2. The van der Waals surface area contributed by atoms with Gasteiger partial charge in [0.25, 0.3) is 0 Å². The fourth-order valence-electron chi connectivity index (χ4n) is 1.65. The molecule has 2 aromatic rings. The van der Waals surface area contributed by atoms with Crippen LogP contribution < -0.4 is 9.47 Å². The van der Waals surface area contributed by atoms with E-state index < -0.39 is 24.2 Å². The molecule has 0 aromatic heterocycles. The lowest BCUT2D eigenvalue weighted by Crippen LogP contribution is -2.21. The lowest BCUT2D eigenvalue weighted by Gasteiger charge is -2.17. The van der Waals surface area contributed by atoms with Crippen LogP contribution in [0.3, 0.4) is 0 Å². The zero-order valence-electron chi connectivity index (χ0n) is 9.55. The molecule has 0 N–H and O–H groups in total. The maximum absolute atomic E-state index is 12.3. The van der Waals surface area contributed by atoms with Crippen molar-refractivity contribution < 1.29 is 35.8 Å². The number of hydrogen-bond acceptors (Lipinski definition) is 2. The van der Waals surface area contributed by atoms with Crippen molar-refractivity contribution in [2.75, 3.05) is 0 Å². The molecule has 20 heavy (non-hydrogen) atoms. The summed E-state index contributed by atoms with van der Waals surface area (Å²) in [6, 6.07) is 7.54. The largest absolute Gasteiger partial charge is 0.573 e.